The highest BCUT2D eigenvalue weighted by Crippen LogP contribution is 2.38. The molecular weight excluding hydrogens is 415 g/mol. The molecule has 5 rings (SSSR count). The van der Waals surface area contributed by atoms with Crippen LogP contribution in [0.25, 0.3) is 16.8 Å². The number of pyridine rings is 1. The van der Waals surface area contributed by atoms with E-state index in [0.717, 1.165) is 54.1 Å². The normalized spacial score (nSPS) is 16.6. The molecule has 0 unspecified atom stereocenters. The van der Waals surface area contributed by atoms with Crippen LogP contribution in [-0.4, -0.2) is 44.9 Å². The molecular formula is C26H29FN6. The van der Waals surface area contributed by atoms with Gasteiger partial charge in [0.05, 0.1) is 23.1 Å². The van der Waals surface area contributed by atoms with Crippen LogP contribution in [0, 0.1) is 19.7 Å². The quantitative estimate of drug-likeness (QED) is 0.436. The Bertz CT molecular complexity index is 1310. The van der Waals surface area contributed by atoms with Crippen LogP contribution in [-0.2, 0) is 6.54 Å². The van der Waals surface area contributed by atoms with Gasteiger partial charge in [-0.15, -0.1) is 0 Å². The highest BCUT2D eigenvalue weighted by Gasteiger charge is 2.31. The van der Waals surface area contributed by atoms with E-state index in [2.05, 4.69) is 46.5 Å². The Kier molecular flexibility index (Phi) is 5.58. The van der Waals surface area contributed by atoms with Crippen molar-refractivity contribution in [1.29, 1.82) is 0 Å². The minimum Gasteiger partial charge on any atom is -0.347 e. The molecule has 1 fully saturated rings. The number of nitrogens with zero attached hydrogens (tertiary/aromatic N) is 6. The van der Waals surface area contributed by atoms with E-state index >= 15 is 0 Å². The summed E-state index contributed by atoms with van der Waals surface area (Å²) in [5, 5.41) is 0. The predicted octanol–water partition coefficient (Wildman–Crippen LogP) is 4.95. The summed E-state index contributed by atoms with van der Waals surface area (Å²) in [6.45, 7) is 5.94. The number of likely N-dealkylation sites (tertiary alicyclic amines) is 1. The summed E-state index contributed by atoms with van der Waals surface area (Å²) in [5.74, 6) is 0.411. The van der Waals surface area contributed by atoms with Crippen LogP contribution in [0.2, 0.25) is 0 Å². The maximum absolute atomic E-state index is 14.1. The molecule has 0 aliphatic carbocycles. The number of benzene rings is 1. The van der Waals surface area contributed by atoms with E-state index in [9.17, 15) is 4.39 Å². The molecule has 1 saturated heterocycles. The number of aromatic nitrogens is 4. The van der Waals surface area contributed by atoms with Gasteiger partial charge in [-0.3, -0.25) is 4.90 Å². The fourth-order valence-corrected chi connectivity index (χ4v) is 4.81. The number of fused-ring (bicyclic) bond motifs is 1. The van der Waals surface area contributed by atoms with Crippen molar-refractivity contribution >= 4 is 11.6 Å². The van der Waals surface area contributed by atoms with Gasteiger partial charge in [-0.05, 0) is 62.6 Å². The van der Waals surface area contributed by atoms with E-state index < -0.39 is 0 Å². The van der Waals surface area contributed by atoms with Crippen LogP contribution in [0.1, 0.15) is 41.5 Å². The molecule has 0 radical (unpaired) electrons. The van der Waals surface area contributed by atoms with Gasteiger partial charge in [0.25, 0.3) is 0 Å². The van der Waals surface area contributed by atoms with Gasteiger partial charge >= 0.3 is 0 Å². The van der Waals surface area contributed by atoms with Crippen molar-refractivity contribution in [2.75, 3.05) is 25.5 Å². The van der Waals surface area contributed by atoms with Crippen LogP contribution in [0.15, 0.2) is 48.8 Å². The van der Waals surface area contributed by atoms with Gasteiger partial charge in [0.1, 0.15) is 11.5 Å². The number of hydrogen-bond acceptors (Lipinski definition) is 5. The number of aryl methyl sites for hydroxylation is 2. The Balaban J connectivity index is 1.57. The first-order valence-electron chi connectivity index (χ1n) is 11.4. The summed E-state index contributed by atoms with van der Waals surface area (Å²) in [6, 6.07) is 11.0. The molecule has 4 heterocycles. The molecule has 1 aliphatic rings. The Morgan fingerprint density at radius 3 is 2.76 bits per heavy atom. The minimum atomic E-state index is -0.255. The molecule has 33 heavy (non-hydrogen) atoms. The van der Waals surface area contributed by atoms with Crippen molar-refractivity contribution in [3.05, 3.63) is 77.3 Å². The zero-order valence-electron chi connectivity index (χ0n) is 19.6. The average Bonchev–Trinajstić information content (AvgIpc) is 3.39. The molecule has 1 aromatic carbocycles. The third-order valence-electron chi connectivity index (χ3n) is 6.52. The molecule has 0 saturated carbocycles. The lowest BCUT2D eigenvalue weighted by Crippen LogP contribution is -2.26. The van der Waals surface area contributed by atoms with Crippen molar-refractivity contribution in [3.63, 3.8) is 0 Å². The van der Waals surface area contributed by atoms with Gasteiger partial charge in [-0.2, -0.15) is 0 Å². The fourth-order valence-electron chi connectivity index (χ4n) is 4.81. The van der Waals surface area contributed by atoms with E-state index in [4.69, 9.17) is 9.97 Å². The van der Waals surface area contributed by atoms with E-state index in [-0.39, 0.29) is 11.9 Å². The Morgan fingerprint density at radius 2 is 1.97 bits per heavy atom. The zero-order valence-corrected chi connectivity index (χ0v) is 19.6. The molecule has 3 aromatic heterocycles. The Labute approximate surface area is 193 Å². The zero-order chi connectivity index (χ0) is 23.1. The molecule has 1 atom stereocenters. The minimum absolute atomic E-state index is 0.125. The number of halogens is 1. The highest BCUT2D eigenvalue weighted by atomic mass is 19.1. The van der Waals surface area contributed by atoms with Crippen molar-refractivity contribution in [2.24, 2.45) is 0 Å². The van der Waals surface area contributed by atoms with Gasteiger partial charge < -0.3 is 9.30 Å². The van der Waals surface area contributed by atoms with Crippen molar-refractivity contribution < 1.29 is 4.39 Å². The first-order chi connectivity index (χ1) is 15.9. The highest BCUT2D eigenvalue weighted by molar-refractivity contribution is 5.66. The molecule has 0 spiro atoms. The van der Waals surface area contributed by atoms with E-state index in [1.807, 2.05) is 31.3 Å². The largest absolute Gasteiger partial charge is 0.347 e. The number of imidazole rings is 1. The van der Waals surface area contributed by atoms with Crippen LogP contribution in [0.5, 0.6) is 0 Å². The molecule has 7 heteroatoms. The Morgan fingerprint density at radius 1 is 1.12 bits per heavy atom. The van der Waals surface area contributed by atoms with Gasteiger partial charge in [0.2, 0.25) is 5.95 Å². The number of hydrogen-bond donors (Lipinski definition) is 0. The Hall–Kier alpha value is -3.32. The molecule has 4 aromatic rings. The maximum atomic E-state index is 14.1. The smallest absolute Gasteiger partial charge is 0.225 e. The number of anilines is 1. The van der Waals surface area contributed by atoms with E-state index in [0.29, 0.717) is 5.95 Å². The first kappa shape index (κ1) is 21.5. The number of rotatable bonds is 5. The predicted molar refractivity (Wildman–Crippen MR) is 129 cm³/mol. The lowest BCUT2D eigenvalue weighted by Gasteiger charge is -2.27. The summed E-state index contributed by atoms with van der Waals surface area (Å²) in [5.41, 5.74) is 7.10. The van der Waals surface area contributed by atoms with Crippen LogP contribution in [0.4, 0.5) is 10.3 Å². The maximum Gasteiger partial charge on any atom is 0.225 e. The molecule has 6 nitrogen and oxygen atoms in total. The van der Waals surface area contributed by atoms with Crippen LogP contribution in [0.3, 0.4) is 0 Å². The summed E-state index contributed by atoms with van der Waals surface area (Å²) in [7, 11) is 3.88. The van der Waals surface area contributed by atoms with Gasteiger partial charge in [0, 0.05) is 38.6 Å². The average molecular weight is 445 g/mol. The fraction of sp³-hybridized carbons (Fsp3) is 0.346. The second-order valence-electron chi connectivity index (χ2n) is 9.03. The van der Waals surface area contributed by atoms with E-state index in [1.54, 1.807) is 12.1 Å². The third-order valence-corrected chi connectivity index (χ3v) is 6.52. The second-order valence-corrected chi connectivity index (χ2v) is 9.03. The van der Waals surface area contributed by atoms with Crippen molar-refractivity contribution in [2.45, 2.75) is 39.3 Å². The summed E-state index contributed by atoms with van der Waals surface area (Å²) < 4.78 is 16.3. The topological polar surface area (TPSA) is 49.6 Å². The molecule has 0 bridgehead atoms. The monoisotopic (exact) mass is 444 g/mol. The van der Waals surface area contributed by atoms with Crippen LogP contribution < -0.4 is 4.90 Å². The standard InChI is InChI=1S/C26H29FN6/c1-17-8-6-13-33-23(18(2)29-25(17)33)16-32-12-7-11-22(32)24-21(15-28-26(30-24)31(3)4)19-9-5-10-20(27)14-19/h5-6,8-10,13-15,22H,7,11-12,16H2,1-4H3/t22-/m0/s1. The van der Waals surface area contributed by atoms with Gasteiger partial charge in [0.15, 0.2) is 0 Å². The van der Waals surface area contributed by atoms with Crippen molar-refractivity contribution in [1.82, 2.24) is 24.3 Å². The van der Waals surface area contributed by atoms with Gasteiger partial charge in [-0.25, -0.2) is 19.3 Å². The van der Waals surface area contributed by atoms with E-state index in [1.165, 1.54) is 17.3 Å². The molecule has 0 amide bonds. The first-order valence-corrected chi connectivity index (χ1v) is 11.4. The third kappa shape index (κ3) is 3.97. The molecule has 1 aliphatic heterocycles. The summed E-state index contributed by atoms with van der Waals surface area (Å²) in [4.78, 5) is 18.7. The summed E-state index contributed by atoms with van der Waals surface area (Å²) >= 11 is 0. The van der Waals surface area contributed by atoms with Gasteiger partial charge in [-0.1, -0.05) is 18.2 Å². The molecule has 0 N–H and O–H groups in total. The second kappa shape index (κ2) is 8.56. The van der Waals surface area contributed by atoms with Crippen LogP contribution >= 0.6 is 0 Å². The lowest BCUT2D eigenvalue weighted by molar-refractivity contribution is 0.241. The lowest BCUT2D eigenvalue weighted by atomic mass is 9.99. The van der Waals surface area contributed by atoms with Crippen molar-refractivity contribution in [3.8, 4) is 11.1 Å². The SMILES string of the molecule is Cc1nc2c(C)cccn2c1CN1CCC[C@H]1c1nc(N(C)C)ncc1-c1cccc(F)c1. The molecule has 170 valence electrons. The summed E-state index contributed by atoms with van der Waals surface area (Å²) in [6.07, 6.45) is 6.02.